The number of rotatable bonds is 6. The molecule has 0 bridgehead atoms. The van der Waals surface area contributed by atoms with Gasteiger partial charge in [0.1, 0.15) is 5.75 Å². The molecule has 2 aromatic heterocycles. The van der Waals surface area contributed by atoms with Crippen LogP contribution in [-0.4, -0.2) is 23.9 Å². The number of anilines is 2. The van der Waals surface area contributed by atoms with Crippen LogP contribution in [0, 0.1) is 0 Å². The molecule has 0 atom stereocenters. The Kier molecular flexibility index (Phi) is 6.01. The Hall–Kier alpha value is -3.62. The fourth-order valence-electron chi connectivity index (χ4n) is 2.91. The summed E-state index contributed by atoms with van der Waals surface area (Å²) in [4.78, 5) is 29.9. The number of benzene rings is 2. The molecular formula is C22H16ClN3O4S. The zero-order chi connectivity index (χ0) is 21.8. The van der Waals surface area contributed by atoms with Crippen LogP contribution in [0.2, 0.25) is 5.02 Å². The molecule has 7 nitrogen and oxygen atoms in total. The van der Waals surface area contributed by atoms with Crippen LogP contribution in [0.5, 0.6) is 5.75 Å². The number of methoxy groups -OCH3 is 1. The van der Waals surface area contributed by atoms with Crippen molar-refractivity contribution in [3.63, 3.8) is 0 Å². The Balaban J connectivity index is 1.58. The van der Waals surface area contributed by atoms with Crippen molar-refractivity contribution in [2.24, 2.45) is 0 Å². The molecule has 2 amide bonds. The van der Waals surface area contributed by atoms with E-state index >= 15 is 0 Å². The fourth-order valence-corrected chi connectivity index (χ4v) is 3.75. The van der Waals surface area contributed by atoms with Gasteiger partial charge in [-0.25, -0.2) is 4.98 Å². The maximum absolute atomic E-state index is 12.9. The van der Waals surface area contributed by atoms with Crippen molar-refractivity contribution < 1.29 is 18.7 Å². The maximum Gasteiger partial charge on any atom is 0.278 e. The molecule has 0 saturated heterocycles. The molecule has 156 valence electrons. The van der Waals surface area contributed by atoms with Gasteiger partial charge in [0.25, 0.3) is 11.8 Å². The second-order valence-corrected chi connectivity index (χ2v) is 7.67. The van der Waals surface area contributed by atoms with Gasteiger partial charge >= 0.3 is 0 Å². The predicted molar refractivity (Wildman–Crippen MR) is 120 cm³/mol. The molecule has 0 aliphatic rings. The summed E-state index contributed by atoms with van der Waals surface area (Å²) in [6, 6.07) is 15.4. The summed E-state index contributed by atoms with van der Waals surface area (Å²) in [5, 5.41) is 7.82. The third-order valence-corrected chi connectivity index (χ3v) is 5.55. The highest BCUT2D eigenvalue weighted by molar-refractivity contribution is 7.12. The molecule has 0 fully saturated rings. The van der Waals surface area contributed by atoms with Gasteiger partial charge in [-0.15, -0.1) is 11.3 Å². The predicted octanol–water partition coefficient (Wildman–Crippen LogP) is 5.57. The van der Waals surface area contributed by atoms with Crippen molar-refractivity contribution in [2.75, 3.05) is 17.7 Å². The first-order chi connectivity index (χ1) is 15.1. The summed E-state index contributed by atoms with van der Waals surface area (Å²) >= 11 is 7.55. The molecule has 2 heterocycles. The molecule has 31 heavy (non-hydrogen) atoms. The summed E-state index contributed by atoms with van der Waals surface area (Å²) in [5.74, 6) is -0.0254. The van der Waals surface area contributed by atoms with Crippen LogP contribution >= 0.6 is 22.9 Å². The van der Waals surface area contributed by atoms with E-state index in [-0.39, 0.29) is 17.4 Å². The molecule has 4 aromatic rings. The van der Waals surface area contributed by atoms with Crippen LogP contribution in [0.3, 0.4) is 0 Å². The van der Waals surface area contributed by atoms with Gasteiger partial charge in [-0.3, -0.25) is 9.59 Å². The standard InChI is InChI=1S/C22H16ClN3O4S/c1-29-17-9-8-13(11-16(17)26-21(27)18-7-4-10-31-18)25-22(28)19-20(30-12-24-19)14-5-2-3-6-15(14)23/h2-12H,1H3,(H,25,28)(H,26,27). The second-order valence-electron chi connectivity index (χ2n) is 6.31. The molecule has 2 N–H and O–H groups in total. The fraction of sp³-hybridized carbons (Fsp3) is 0.0455. The van der Waals surface area contributed by atoms with E-state index in [1.165, 1.54) is 24.8 Å². The minimum absolute atomic E-state index is 0.0908. The highest BCUT2D eigenvalue weighted by Crippen LogP contribution is 2.32. The van der Waals surface area contributed by atoms with Crippen molar-refractivity contribution >= 4 is 46.1 Å². The van der Waals surface area contributed by atoms with Crippen LogP contribution in [0.1, 0.15) is 20.2 Å². The number of nitrogens with zero attached hydrogens (tertiary/aromatic N) is 1. The van der Waals surface area contributed by atoms with E-state index < -0.39 is 5.91 Å². The summed E-state index contributed by atoms with van der Waals surface area (Å²) in [5.41, 5.74) is 1.52. The summed E-state index contributed by atoms with van der Waals surface area (Å²) in [6.45, 7) is 0. The van der Waals surface area contributed by atoms with Crippen molar-refractivity contribution in [1.29, 1.82) is 0 Å². The lowest BCUT2D eigenvalue weighted by atomic mass is 10.1. The number of thiophene rings is 1. The SMILES string of the molecule is COc1ccc(NC(=O)c2ncoc2-c2ccccc2Cl)cc1NC(=O)c1cccs1. The number of halogens is 1. The van der Waals surface area contributed by atoms with Gasteiger partial charge < -0.3 is 19.8 Å². The van der Waals surface area contributed by atoms with Crippen molar-refractivity contribution in [3.05, 3.63) is 82.0 Å². The first-order valence-electron chi connectivity index (χ1n) is 9.09. The maximum atomic E-state index is 12.9. The Labute approximate surface area is 186 Å². The number of carbonyl (C=O) groups is 2. The number of aromatic nitrogens is 1. The third kappa shape index (κ3) is 4.45. The normalized spacial score (nSPS) is 10.5. The summed E-state index contributed by atoms with van der Waals surface area (Å²) < 4.78 is 10.7. The molecule has 4 rings (SSSR count). The first kappa shape index (κ1) is 20.6. The summed E-state index contributed by atoms with van der Waals surface area (Å²) in [6.07, 6.45) is 1.19. The molecule has 9 heteroatoms. The van der Waals surface area contributed by atoms with Gasteiger partial charge in [-0.2, -0.15) is 0 Å². The molecule has 0 aliphatic carbocycles. The highest BCUT2D eigenvalue weighted by Gasteiger charge is 2.21. The van der Waals surface area contributed by atoms with Crippen LogP contribution < -0.4 is 15.4 Å². The van der Waals surface area contributed by atoms with Gasteiger partial charge in [0, 0.05) is 11.3 Å². The van der Waals surface area contributed by atoms with Crippen LogP contribution in [-0.2, 0) is 0 Å². The number of hydrogen-bond donors (Lipinski definition) is 2. The minimum atomic E-state index is -0.482. The topological polar surface area (TPSA) is 93.5 Å². The van der Waals surface area contributed by atoms with E-state index in [4.69, 9.17) is 20.8 Å². The monoisotopic (exact) mass is 453 g/mol. The average molecular weight is 454 g/mol. The van der Waals surface area contributed by atoms with E-state index in [1.807, 2.05) is 5.38 Å². The molecule has 0 aliphatic heterocycles. The van der Waals surface area contributed by atoms with E-state index in [9.17, 15) is 9.59 Å². The molecule has 0 spiro atoms. The van der Waals surface area contributed by atoms with Crippen LogP contribution in [0.4, 0.5) is 11.4 Å². The van der Waals surface area contributed by atoms with E-state index in [2.05, 4.69) is 15.6 Å². The highest BCUT2D eigenvalue weighted by atomic mass is 35.5. The van der Waals surface area contributed by atoms with Gasteiger partial charge in [0.05, 0.1) is 22.7 Å². The largest absolute Gasteiger partial charge is 0.495 e. The number of ether oxygens (including phenoxy) is 1. The molecule has 0 radical (unpaired) electrons. The Morgan fingerprint density at radius 3 is 2.65 bits per heavy atom. The number of oxazole rings is 1. The second kappa shape index (κ2) is 9.03. The van der Waals surface area contributed by atoms with Crippen molar-refractivity contribution in [1.82, 2.24) is 4.98 Å². The zero-order valence-electron chi connectivity index (χ0n) is 16.2. The van der Waals surface area contributed by atoms with Gasteiger partial charge in [-0.1, -0.05) is 29.8 Å². The molecule has 0 unspecified atom stereocenters. The molecule has 2 aromatic carbocycles. The molecular weight excluding hydrogens is 438 g/mol. The number of hydrogen-bond acceptors (Lipinski definition) is 6. The van der Waals surface area contributed by atoms with Crippen LogP contribution in [0.15, 0.2) is 70.8 Å². The Morgan fingerprint density at radius 2 is 1.90 bits per heavy atom. The van der Waals surface area contributed by atoms with Crippen molar-refractivity contribution in [3.8, 4) is 17.1 Å². The Morgan fingerprint density at radius 1 is 1.06 bits per heavy atom. The summed E-state index contributed by atoms with van der Waals surface area (Å²) in [7, 11) is 1.50. The molecule has 0 saturated carbocycles. The van der Waals surface area contributed by atoms with Gasteiger partial charge in [0.15, 0.2) is 17.8 Å². The van der Waals surface area contributed by atoms with Crippen molar-refractivity contribution in [2.45, 2.75) is 0 Å². The number of nitrogens with one attached hydrogen (secondary N) is 2. The number of carbonyl (C=O) groups excluding carboxylic acids is 2. The quantitative estimate of drug-likeness (QED) is 0.398. The lowest BCUT2D eigenvalue weighted by Gasteiger charge is -2.12. The third-order valence-electron chi connectivity index (χ3n) is 4.35. The van der Waals surface area contributed by atoms with Gasteiger partial charge in [0.2, 0.25) is 0 Å². The Bertz CT molecular complexity index is 1240. The first-order valence-corrected chi connectivity index (χ1v) is 10.3. The van der Waals surface area contributed by atoms with Gasteiger partial charge in [-0.05, 0) is 41.8 Å². The van der Waals surface area contributed by atoms with E-state index in [0.29, 0.717) is 32.6 Å². The van der Waals surface area contributed by atoms with Crippen LogP contribution in [0.25, 0.3) is 11.3 Å². The van der Waals surface area contributed by atoms with E-state index in [0.717, 1.165) is 0 Å². The number of amides is 2. The zero-order valence-corrected chi connectivity index (χ0v) is 17.8. The smallest absolute Gasteiger partial charge is 0.278 e. The van der Waals surface area contributed by atoms with E-state index in [1.54, 1.807) is 54.6 Å². The lowest BCUT2D eigenvalue weighted by Crippen LogP contribution is -2.15. The average Bonchev–Trinajstić information content (AvgIpc) is 3.47. The lowest BCUT2D eigenvalue weighted by molar-refractivity contribution is 0.101. The minimum Gasteiger partial charge on any atom is -0.495 e.